The summed E-state index contributed by atoms with van der Waals surface area (Å²) in [5.74, 6) is 0.923. The van der Waals surface area contributed by atoms with Crippen molar-refractivity contribution in [3.8, 4) is 0 Å². The number of rotatable bonds is 6. The molecule has 3 rings (SSSR count). The SMILES string of the molecule is Clc1ccc(CNCCSc2nc3ccccc3o2)s1. The summed E-state index contributed by atoms with van der Waals surface area (Å²) in [7, 11) is 0. The monoisotopic (exact) mass is 324 g/mol. The summed E-state index contributed by atoms with van der Waals surface area (Å²) in [5, 5.41) is 4.11. The number of hydrogen-bond acceptors (Lipinski definition) is 5. The maximum Gasteiger partial charge on any atom is 0.256 e. The molecule has 104 valence electrons. The Bertz CT molecular complexity index is 662. The molecule has 2 heterocycles. The summed E-state index contributed by atoms with van der Waals surface area (Å²) in [6.45, 7) is 1.75. The normalized spacial score (nSPS) is 11.2. The first-order valence-corrected chi connectivity index (χ1v) is 8.42. The minimum absolute atomic E-state index is 0.729. The maximum atomic E-state index is 5.89. The minimum atomic E-state index is 0.729. The maximum absolute atomic E-state index is 5.89. The molecule has 6 heteroatoms. The largest absolute Gasteiger partial charge is 0.431 e. The van der Waals surface area contributed by atoms with Crippen LogP contribution in [0.4, 0.5) is 0 Å². The van der Waals surface area contributed by atoms with Crippen LogP contribution in [-0.4, -0.2) is 17.3 Å². The van der Waals surface area contributed by atoms with Crippen LogP contribution in [0.15, 0.2) is 46.0 Å². The Labute approximate surface area is 130 Å². The molecule has 0 aliphatic rings. The van der Waals surface area contributed by atoms with Crippen molar-refractivity contribution in [3.63, 3.8) is 0 Å². The van der Waals surface area contributed by atoms with Crippen LogP contribution in [0, 0.1) is 0 Å². The third-order valence-electron chi connectivity index (χ3n) is 2.71. The van der Waals surface area contributed by atoms with E-state index >= 15 is 0 Å². The van der Waals surface area contributed by atoms with Gasteiger partial charge in [-0.05, 0) is 24.3 Å². The summed E-state index contributed by atoms with van der Waals surface area (Å²) < 4.78 is 6.48. The van der Waals surface area contributed by atoms with Gasteiger partial charge in [-0.25, -0.2) is 4.98 Å². The van der Waals surface area contributed by atoms with Crippen LogP contribution in [0.25, 0.3) is 11.1 Å². The van der Waals surface area contributed by atoms with Crippen LogP contribution < -0.4 is 5.32 Å². The van der Waals surface area contributed by atoms with Gasteiger partial charge in [0.25, 0.3) is 5.22 Å². The van der Waals surface area contributed by atoms with E-state index < -0.39 is 0 Å². The smallest absolute Gasteiger partial charge is 0.256 e. The zero-order valence-electron chi connectivity index (χ0n) is 10.6. The molecule has 0 atom stereocenters. The fourth-order valence-electron chi connectivity index (χ4n) is 1.78. The molecule has 20 heavy (non-hydrogen) atoms. The zero-order chi connectivity index (χ0) is 13.8. The van der Waals surface area contributed by atoms with Gasteiger partial charge in [-0.1, -0.05) is 35.5 Å². The van der Waals surface area contributed by atoms with Crippen molar-refractivity contribution < 1.29 is 4.42 Å². The Hall–Kier alpha value is -1.01. The summed E-state index contributed by atoms with van der Waals surface area (Å²) in [6, 6.07) is 11.8. The van der Waals surface area contributed by atoms with Crippen molar-refractivity contribution in [2.24, 2.45) is 0 Å². The second-order valence-electron chi connectivity index (χ2n) is 4.18. The molecule has 1 N–H and O–H groups in total. The fourth-order valence-corrected chi connectivity index (χ4v) is 3.57. The number of nitrogens with zero attached hydrogens (tertiary/aromatic N) is 1. The highest BCUT2D eigenvalue weighted by atomic mass is 35.5. The number of thiophene rings is 1. The quantitative estimate of drug-likeness (QED) is 0.538. The molecule has 0 amide bonds. The number of aromatic nitrogens is 1. The van der Waals surface area contributed by atoms with Gasteiger partial charge in [-0.2, -0.15) is 0 Å². The average Bonchev–Trinajstić information content (AvgIpc) is 3.04. The van der Waals surface area contributed by atoms with Gasteiger partial charge in [0.15, 0.2) is 5.58 Å². The summed E-state index contributed by atoms with van der Waals surface area (Å²) in [4.78, 5) is 5.68. The van der Waals surface area contributed by atoms with Crippen LogP contribution in [0.2, 0.25) is 4.34 Å². The van der Waals surface area contributed by atoms with Gasteiger partial charge in [-0.15, -0.1) is 11.3 Å². The van der Waals surface area contributed by atoms with Gasteiger partial charge in [0.05, 0.1) is 4.34 Å². The predicted octanol–water partition coefficient (Wildman–Crippen LogP) is 4.42. The first-order chi connectivity index (χ1) is 9.81. The lowest BCUT2D eigenvalue weighted by Crippen LogP contribution is -2.15. The van der Waals surface area contributed by atoms with E-state index in [1.165, 1.54) is 4.88 Å². The number of para-hydroxylation sites is 2. The number of benzene rings is 1. The van der Waals surface area contributed by atoms with E-state index in [-0.39, 0.29) is 0 Å². The molecule has 0 aliphatic carbocycles. The van der Waals surface area contributed by atoms with Gasteiger partial charge >= 0.3 is 0 Å². The van der Waals surface area contributed by atoms with Crippen LogP contribution in [0.5, 0.6) is 0 Å². The molecule has 0 unspecified atom stereocenters. The lowest BCUT2D eigenvalue weighted by molar-refractivity contribution is 0.489. The fraction of sp³-hybridized carbons (Fsp3) is 0.214. The van der Waals surface area contributed by atoms with E-state index in [4.69, 9.17) is 16.0 Å². The van der Waals surface area contributed by atoms with Crippen molar-refractivity contribution >= 4 is 45.8 Å². The standard InChI is InChI=1S/C14H13ClN2OS2/c15-13-6-5-10(20-13)9-16-7-8-19-14-17-11-3-1-2-4-12(11)18-14/h1-6,16H,7-9H2. The van der Waals surface area contributed by atoms with Crippen molar-refractivity contribution in [3.05, 3.63) is 45.6 Å². The van der Waals surface area contributed by atoms with E-state index in [9.17, 15) is 0 Å². The summed E-state index contributed by atoms with van der Waals surface area (Å²) in [6.07, 6.45) is 0. The molecular formula is C14H13ClN2OS2. The minimum Gasteiger partial charge on any atom is -0.431 e. The Morgan fingerprint density at radius 3 is 2.95 bits per heavy atom. The van der Waals surface area contributed by atoms with Gasteiger partial charge < -0.3 is 9.73 Å². The van der Waals surface area contributed by atoms with Crippen molar-refractivity contribution in [2.45, 2.75) is 11.8 Å². The lowest BCUT2D eigenvalue weighted by atomic mass is 10.3. The van der Waals surface area contributed by atoms with Crippen molar-refractivity contribution in [2.75, 3.05) is 12.3 Å². The van der Waals surface area contributed by atoms with Crippen LogP contribution in [-0.2, 0) is 6.54 Å². The number of halogens is 1. The van der Waals surface area contributed by atoms with Crippen LogP contribution in [0.1, 0.15) is 4.88 Å². The second kappa shape index (κ2) is 6.63. The molecule has 0 fully saturated rings. The van der Waals surface area contributed by atoms with Crippen LogP contribution in [0.3, 0.4) is 0 Å². The molecule has 3 aromatic rings. The van der Waals surface area contributed by atoms with E-state index in [1.54, 1.807) is 23.1 Å². The van der Waals surface area contributed by atoms with Crippen LogP contribution >= 0.6 is 34.7 Å². The Kier molecular flexibility index (Phi) is 4.62. The molecule has 0 bridgehead atoms. The Balaban J connectivity index is 1.43. The molecule has 0 spiro atoms. The molecule has 0 aliphatic heterocycles. The van der Waals surface area contributed by atoms with E-state index in [0.29, 0.717) is 0 Å². The topological polar surface area (TPSA) is 38.1 Å². The highest BCUT2D eigenvalue weighted by Gasteiger charge is 2.05. The molecule has 3 nitrogen and oxygen atoms in total. The first kappa shape index (κ1) is 13.9. The highest BCUT2D eigenvalue weighted by molar-refractivity contribution is 7.99. The molecule has 0 radical (unpaired) electrons. The Morgan fingerprint density at radius 2 is 2.15 bits per heavy atom. The summed E-state index contributed by atoms with van der Waals surface area (Å²) in [5.41, 5.74) is 1.76. The van der Waals surface area contributed by atoms with Gasteiger partial charge in [0, 0.05) is 23.7 Å². The number of fused-ring (bicyclic) bond motifs is 1. The van der Waals surface area contributed by atoms with Gasteiger partial charge in [0.2, 0.25) is 0 Å². The van der Waals surface area contributed by atoms with E-state index in [2.05, 4.69) is 10.3 Å². The van der Waals surface area contributed by atoms with E-state index in [1.807, 2.05) is 36.4 Å². The molecule has 2 aromatic heterocycles. The Morgan fingerprint density at radius 1 is 1.25 bits per heavy atom. The molecular weight excluding hydrogens is 312 g/mol. The molecule has 1 aromatic carbocycles. The average molecular weight is 325 g/mol. The summed E-state index contributed by atoms with van der Waals surface area (Å²) >= 11 is 9.12. The molecule has 0 saturated carbocycles. The van der Waals surface area contributed by atoms with Gasteiger partial charge in [-0.3, -0.25) is 0 Å². The second-order valence-corrected chi connectivity index (χ2v) is 7.02. The third-order valence-corrected chi connectivity index (χ3v) is 4.77. The number of thioether (sulfide) groups is 1. The third kappa shape index (κ3) is 3.55. The van der Waals surface area contributed by atoms with Crippen molar-refractivity contribution in [1.29, 1.82) is 0 Å². The number of oxazole rings is 1. The number of hydrogen-bond donors (Lipinski definition) is 1. The zero-order valence-corrected chi connectivity index (χ0v) is 13.0. The van der Waals surface area contributed by atoms with E-state index in [0.717, 1.165) is 39.5 Å². The molecule has 0 saturated heterocycles. The first-order valence-electron chi connectivity index (χ1n) is 6.24. The highest BCUT2D eigenvalue weighted by Crippen LogP contribution is 2.23. The number of nitrogens with one attached hydrogen (secondary N) is 1. The predicted molar refractivity (Wildman–Crippen MR) is 85.8 cm³/mol. The lowest BCUT2D eigenvalue weighted by Gasteiger charge is -2.00. The van der Waals surface area contributed by atoms with Gasteiger partial charge in [0.1, 0.15) is 5.52 Å². The van der Waals surface area contributed by atoms with Crippen molar-refractivity contribution in [1.82, 2.24) is 10.3 Å².